The van der Waals surface area contributed by atoms with E-state index < -0.39 is 5.97 Å². The Morgan fingerprint density at radius 1 is 1.41 bits per heavy atom. The fraction of sp³-hybridized carbons (Fsp3) is 0.750. The van der Waals surface area contributed by atoms with E-state index in [4.69, 9.17) is 5.11 Å². The minimum Gasteiger partial charge on any atom is -0.476 e. The summed E-state index contributed by atoms with van der Waals surface area (Å²) in [5.74, 6) is 0.0793. The van der Waals surface area contributed by atoms with Crippen LogP contribution in [0.25, 0.3) is 0 Å². The molecule has 1 atom stereocenters. The Kier molecular flexibility index (Phi) is 2.42. The standard InChI is InChI=1S/C12H17N3O2/c1-7(8-5-6-8)15-11(9-3-2-4-9)10(12(16)17)13-14-15/h7-9H,2-6H2,1H3,(H,16,17). The van der Waals surface area contributed by atoms with Gasteiger partial charge in [-0.15, -0.1) is 5.10 Å². The average Bonchev–Trinajstić information content (AvgIpc) is 2.96. The molecular weight excluding hydrogens is 218 g/mol. The Morgan fingerprint density at radius 3 is 2.59 bits per heavy atom. The molecule has 0 bridgehead atoms. The van der Waals surface area contributed by atoms with Gasteiger partial charge in [0.2, 0.25) is 0 Å². The van der Waals surface area contributed by atoms with Crippen LogP contribution in [0.15, 0.2) is 0 Å². The summed E-state index contributed by atoms with van der Waals surface area (Å²) in [7, 11) is 0. The highest BCUT2D eigenvalue weighted by Gasteiger charge is 2.36. The van der Waals surface area contributed by atoms with Crippen LogP contribution in [0.1, 0.15) is 67.2 Å². The molecule has 0 radical (unpaired) electrons. The second kappa shape index (κ2) is 3.82. The van der Waals surface area contributed by atoms with E-state index in [-0.39, 0.29) is 5.69 Å². The van der Waals surface area contributed by atoms with Crippen molar-refractivity contribution in [1.82, 2.24) is 15.0 Å². The van der Waals surface area contributed by atoms with Crippen LogP contribution in [-0.2, 0) is 0 Å². The van der Waals surface area contributed by atoms with Crippen molar-refractivity contribution < 1.29 is 9.90 Å². The molecule has 0 aromatic carbocycles. The zero-order valence-electron chi connectivity index (χ0n) is 9.96. The first-order chi connectivity index (χ1) is 8.18. The summed E-state index contributed by atoms with van der Waals surface area (Å²) in [6.07, 6.45) is 5.80. The molecule has 2 aliphatic rings. The summed E-state index contributed by atoms with van der Waals surface area (Å²) in [5, 5.41) is 17.1. The third-order valence-electron chi connectivity index (χ3n) is 4.11. The van der Waals surface area contributed by atoms with Crippen LogP contribution >= 0.6 is 0 Å². The van der Waals surface area contributed by atoms with Gasteiger partial charge in [0.1, 0.15) is 0 Å². The number of hydrogen-bond acceptors (Lipinski definition) is 3. The van der Waals surface area contributed by atoms with Crippen molar-refractivity contribution in [3.63, 3.8) is 0 Å². The van der Waals surface area contributed by atoms with Gasteiger partial charge in [-0.05, 0) is 38.5 Å². The minimum atomic E-state index is -0.943. The second-order valence-electron chi connectivity index (χ2n) is 5.28. The number of carboxylic acids is 1. The van der Waals surface area contributed by atoms with Gasteiger partial charge in [-0.2, -0.15) is 0 Å². The van der Waals surface area contributed by atoms with E-state index in [9.17, 15) is 4.79 Å². The molecule has 3 rings (SSSR count). The highest BCUT2D eigenvalue weighted by molar-refractivity contribution is 5.86. The average molecular weight is 235 g/mol. The van der Waals surface area contributed by atoms with E-state index in [1.807, 2.05) is 4.68 Å². The second-order valence-corrected chi connectivity index (χ2v) is 5.28. The van der Waals surface area contributed by atoms with Gasteiger partial charge in [-0.1, -0.05) is 11.6 Å². The van der Waals surface area contributed by atoms with Gasteiger partial charge >= 0.3 is 5.97 Å². The predicted molar refractivity (Wildman–Crippen MR) is 61.0 cm³/mol. The molecule has 0 saturated heterocycles. The van der Waals surface area contributed by atoms with Crippen molar-refractivity contribution in [2.75, 3.05) is 0 Å². The molecule has 5 nitrogen and oxygen atoms in total. The number of carbonyl (C=O) groups is 1. The quantitative estimate of drug-likeness (QED) is 0.868. The van der Waals surface area contributed by atoms with Crippen molar-refractivity contribution in [2.45, 2.75) is 51.0 Å². The van der Waals surface area contributed by atoms with Gasteiger partial charge in [-0.25, -0.2) is 9.48 Å². The van der Waals surface area contributed by atoms with Gasteiger partial charge in [0.25, 0.3) is 0 Å². The molecule has 0 amide bonds. The lowest BCUT2D eigenvalue weighted by Gasteiger charge is -2.27. The van der Waals surface area contributed by atoms with Crippen LogP contribution in [0.2, 0.25) is 0 Å². The molecule has 92 valence electrons. The van der Waals surface area contributed by atoms with Gasteiger partial charge < -0.3 is 5.11 Å². The molecule has 1 heterocycles. The maximum atomic E-state index is 11.2. The van der Waals surface area contributed by atoms with Gasteiger partial charge in [0.05, 0.1) is 11.7 Å². The van der Waals surface area contributed by atoms with Crippen molar-refractivity contribution in [3.8, 4) is 0 Å². The van der Waals surface area contributed by atoms with Crippen molar-refractivity contribution in [1.29, 1.82) is 0 Å². The lowest BCUT2D eigenvalue weighted by molar-refractivity contribution is 0.0687. The van der Waals surface area contributed by atoms with E-state index in [1.54, 1.807) is 0 Å². The van der Waals surface area contributed by atoms with Crippen LogP contribution in [-0.4, -0.2) is 26.1 Å². The summed E-state index contributed by atoms with van der Waals surface area (Å²) in [6, 6.07) is 0.297. The van der Waals surface area contributed by atoms with E-state index in [2.05, 4.69) is 17.2 Å². The fourth-order valence-corrected chi connectivity index (χ4v) is 2.59. The Bertz CT molecular complexity index is 447. The highest BCUT2D eigenvalue weighted by Crippen LogP contribution is 2.43. The molecule has 1 unspecified atom stereocenters. The normalized spacial score (nSPS) is 22.2. The topological polar surface area (TPSA) is 68.0 Å². The molecule has 1 aromatic heterocycles. The number of nitrogens with zero attached hydrogens (tertiary/aromatic N) is 3. The first-order valence-corrected chi connectivity index (χ1v) is 6.37. The van der Waals surface area contributed by atoms with Crippen molar-refractivity contribution >= 4 is 5.97 Å². The molecule has 0 spiro atoms. The largest absolute Gasteiger partial charge is 0.476 e. The fourth-order valence-electron chi connectivity index (χ4n) is 2.59. The molecule has 17 heavy (non-hydrogen) atoms. The monoisotopic (exact) mass is 235 g/mol. The minimum absolute atomic E-state index is 0.169. The molecule has 2 saturated carbocycles. The number of hydrogen-bond donors (Lipinski definition) is 1. The zero-order chi connectivity index (χ0) is 12.0. The first-order valence-electron chi connectivity index (χ1n) is 6.37. The summed E-state index contributed by atoms with van der Waals surface area (Å²) >= 11 is 0. The maximum absolute atomic E-state index is 11.2. The van der Waals surface area contributed by atoms with Crippen molar-refractivity contribution in [2.24, 2.45) is 5.92 Å². The van der Waals surface area contributed by atoms with Gasteiger partial charge in [-0.3, -0.25) is 0 Å². The Morgan fingerprint density at radius 2 is 2.12 bits per heavy atom. The Hall–Kier alpha value is -1.39. The van der Waals surface area contributed by atoms with Crippen molar-refractivity contribution in [3.05, 3.63) is 11.4 Å². The third-order valence-corrected chi connectivity index (χ3v) is 4.11. The van der Waals surface area contributed by atoms with Crippen LogP contribution in [0.4, 0.5) is 0 Å². The number of aromatic carboxylic acids is 1. The highest BCUT2D eigenvalue weighted by atomic mass is 16.4. The Labute approximate surface area is 99.8 Å². The van der Waals surface area contributed by atoms with Crippen LogP contribution in [0, 0.1) is 5.92 Å². The van der Waals surface area contributed by atoms with Crippen LogP contribution in [0.3, 0.4) is 0 Å². The van der Waals surface area contributed by atoms with E-state index in [1.165, 1.54) is 19.3 Å². The summed E-state index contributed by atoms with van der Waals surface area (Å²) in [5.41, 5.74) is 1.03. The summed E-state index contributed by atoms with van der Waals surface area (Å²) < 4.78 is 1.88. The van der Waals surface area contributed by atoms with E-state index in [0.717, 1.165) is 18.5 Å². The SMILES string of the molecule is CC(C1CC1)n1nnc(C(=O)O)c1C1CCC1. The summed E-state index contributed by atoms with van der Waals surface area (Å²) in [6.45, 7) is 2.13. The first kappa shape index (κ1) is 10.7. The Balaban J connectivity index is 1.98. The predicted octanol–water partition coefficient (Wildman–Crippen LogP) is 2.21. The molecule has 2 aliphatic carbocycles. The number of carboxylic acid groups (broad SMARTS) is 1. The molecule has 1 aromatic rings. The van der Waals surface area contributed by atoms with Crippen LogP contribution < -0.4 is 0 Å². The molecule has 1 N–H and O–H groups in total. The zero-order valence-corrected chi connectivity index (χ0v) is 9.96. The van der Waals surface area contributed by atoms with Gasteiger partial charge in [0, 0.05) is 5.92 Å². The third kappa shape index (κ3) is 1.73. The summed E-state index contributed by atoms with van der Waals surface area (Å²) in [4.78, 5) is 11.2. The van der Waals surface area contributed by atoms with E-state index >= 15 is 0 Å². The van der Waals surface area contributed by atoms with Crippen LogP contribution in [0.5, 0.6) is 0 Å². The molecule has 2 fully saturated rings. The maximum Gasteiger partial charge on any atom is 0.358 e. The van der Waals surface area contributed by atoms with E-state index in [0.29, 0.717) is 17.9 Å². The molecule has 0 aliphatic heterocycles. The smallest absolute Gasteiger partial charge is 0.358 e. The van der Waals surface area contributed by atoms with Gasteiger partial charge in [0.15, 0.2) is 5.69 Å². The lowest BCUT2D eigenvalue weighted by Crippen LogP contribution is -2.21. The molecular formula is C12H17N3O2. The molecule has 5 heteroatoms. The number of rotatable bonds is 4. The lowest BCUT2D eigenvalue weighted by atomic mass is 9.81. The number of aromatic nitrogens is 3.